The first-order valence-corrected chi connectivity index (χ1v) is 8.64. The molecule has 0 fully saturated rings. The highest BCUT2D eigenvalue weighted by Crippen LogP contribution is 1.96. The van der Waals surface area contributed by atoms with Crippen LogP contribution in [0.2, 0.25) is 19.6 Å². The second-order valence-electron chi connectivity index (χ2n) is 4.15. The minimum atomic E-state index is -1.21. The molecule has 0 atom stereocenters. The van der Waals surface area contributed by atoms with E-state index in [2.05, 4.69) is 19.6 Å². The fraction of sp³-hybridized carbons (Fsp3) is 1.00. The average Bonchev–Trinajstić information content (AvgIpc) is 2.16. The molecule has 7 heteroatoms. The van der Waals surface area contributed by atoms with E-state index >= 15 is 0 Å². The van der Waals surface area contributed by atoms with E-state index in [-0.39, 0.29) is 0 Å². The fourth-order valence-electron chi connectivity index (χ4n) is 0.150. The van der Waals surface area contributed by atoms with Crippen LogP contribution in [0.25, 0.3) is 0 Å². The molecule has 0 unspecified atom stereocenters. The van der Waals surface area contributed by atoms with Crippen molar-refractivity contribution in [2.45, 2.75) is 25.2 Å². The number of aliphatic hydroxyl groups excluding tert-OH is 3. The number of hydrogen-bond donors (Lipinski definition) is 4. The molecule has 5 nitrogen and oxygen atoms in total. The largest absolute Gasteiger partial charge is 0.464 e. The smallest absolute Gasteiger partial charge is 0.169 e. The van der Waals surface area contributed by atoms with Gasteiger partial charge in [0.15, 0.2) is 8.32 Å². The molecule has 0 aliphatic heterocycles. The van der Waals surface area contributed by atoms with E-state index in [9.17, 15) is 0 Å². The molecule has 0 radical (unpaired) electrons. The Balaban J connectivity index is 0. The van der Waals surface area contributed by atoms with Gasteiger partial charge in [0.25, 0.3) is 0 Å². The van der Waals surface area contributed by atoms with Gasteiger partial charge in [0, 0.05) is 0 Å². The molecule has 0 spiro atoms. The van der Waals surface area contributed by atoms with Gasteiger partial charge in [0.2, 0.25) is 0 Å². The van der Waals surface area contributed by atoms with Gasteiger partial charge in [-0.25, -0.2) is 0 Å². The van der Waals surface area contributed by atoms with Crippen molar-refractivity contribution in [2.75, 3.05) is 19.8 Å². The molecular formula is C7H23NO4Si2. The predicted octanol–water partition coefficient (Wildman–Crippen LogP) is -2.22. The van der Waals surface area contributed by atoms with E-state index in [0.29, 0.717) is 0 Å². The van der Waals surface area contributed by atoms with Crippen LogP contribution in [0.4, 0.5) is 0 Å². The highest BCUT2D eigenvalue weighted by atomic mass is 28.4. The van der Waals surface area contributed by atoms with Crippen molar-refractivity contribution in [1.29, 1.82) is 0 Å². The minimum Gasteiger partial charge on any atom is -0.464 e. The Morgan fingerprint density at radius 2 is 1.36 bits per heavy atom. The molecule has 0 amide bonds. The lowest BCUT2D eigenvalue weighted by Gasteiger charge is -2.20. The van der Waals surface area contributed by atoms with Crippen LogP contribution in [0.1, 0.15) is 0 Å². The van der Waals surface area contributed by atoms with E-state index in [1.165, 1.54) is 0 Å². The summed E-state index contributed by atoms with van der Waals surface area (Å²) in [5.74, 6) is 0. The maximum Gasteiger partial charge on any atom is 0.169 e. The van der Waals surface area contributed by atoms with Crippen LogP contribution in [0.3, 0.4) is 0 Å². The SMILES string of the molecule is C[Si](C)(C)O[SiH3].NC(CO)(CO)CO. The standard InChI is InChI=1S/C4H11NO3.C3H12OSi2/c5-4(1-6,2-7)3-8;1-6(2,3)4-5/h6-8H,1-3,5H2;1-3,5H3. The summed E-state index contributed by atoms with van der Waals surface area (Å²) in [4.78, 5) is 0. The summed E-state index contributed by atoms with van der Waals surface area (Å²) in [6.45, 7) is 5.38. The molecule has 0 saturated heterocycles. The first-order chi connectivity index (χ1) is 6.24. The lowest BCUT2D eigenvalue weighted by atomic mass is 10.1. The van der Waals surface area contributed by atoms with Gasteiger partial charge >= 0.3 is 0 Å². The molecule has 88 valence electrons. The maximum absolute atomic E-state index is 8.34. The quantitative estimate of drug-likeness (QED) is 0.418. The number of hydrogen-bond acceptors (Lipinski definition) is 5. The summed E-state index contributed by atoms with van der Waals surface area (Å²) in [6, 6.07) is 0. The van der Waals surface area contributed by atoms with Gasteiger partial charge in [-0.1, -0.05) is 0 Å². The molecule has 0 aliphatic carbocycles. The molecular weight excluding hydrogens is 218 g/mol. The van der Waals surface area contributed by atoms with Crippen molar-refractivity contribution >= 4 is 18.8 Å². The summed E-state index contributed by atoms with van der Waals surface area (Å²) in [5.41, 5.74) is 3.94. The summed E-state index contributed by atoms with van der Waals surface area (Å²) in [6.07, 6.45) is 0. The summed E-state index contributed by atoms with van der Waals surface area (Å²) in [5, 5.41) is 25.0. The zero-order valence-electron chi connectivity index (χ0n) is 9.45. The van der Waals surface area contributed by atoms with Crippen LogP contribution < -0.4 is 5.73 Å². The van der Waals surface area contributed by atoms with Gasteiger partial charge in [-0.2, -0.15) is 0 Å². The second kappa shape index (κ2) is 7.52. The fourth-order valence-corrected chi connectivity index (χ4v) is 0.150. The Labute approximate surface area is 89.6 Å². The molecule has 0 rings (SSSR count). The zero-order chi connectivity index (χ0) is 11.8. The average molecular weight is 241 g/mol. The molecule has 0 aromatic carbocycles. The van der Waals surface area contributed by atoms with Crippen molar-refractivity contribution in [1.82, 2.24) is 0 Å². The predicted molar refractivity (Wildman–Crippen MR) is 62.5 cm³/mol. The summed E-state index contributed by atoms with van der Waals surface area (Å²) < 4.78 is 5.22. The molecule has 0 bridgehead atoms. The lowest BCUT2D eigenvalue weighted by Crippen LogP contribution is -2.50. The molecule has 0 heterocycles. The Kier molecular flexibility index (Phi) is 8.94. The van der Waals surface area contributed by atoms with Crippen LogP contribution in [0, 0.1) is 0 Å². The Morgan fingerprint density at radius 3 is 1.36 bits per heavy atom. The van der Waals surface area contributed by atoms with Crippen molar-refractivity contribution in [3.63, 3.8) is 0 Å². The van der Waals surface area contributed by atoms with Crippen molar-refractivity contribution < 1.29 is 19.4 Å². The molecule has 0 aromatic rings. The van der Waals surface area contributed by atoms with E-state index in [4.69, 9.17) is 25.2 Å². The normalized spacial score (nSPS) is 12.2. The highest BCUT2D eigenvalue weighted by Gasteiger charge is 2.20. The summed E-state index contributed by atoms with van der Waals surface area (Å²) in [7, 11) is -0.160. The van der Waals surface area contributed by atoms with Crippen LogP contribution in [-0.2, 0) is 4.12 Å². The third-order valence-electron chi connectivity index (χ3n) is 1.56. The number of rotatable bonds is 4. The first-order valence-electron chi connectivity index (χ1n) is 4.41. The van der Waals surface area contributed by atoms with Gasteiger partial charge in [0.05, 0.1) is 25.4 Å². The van der Waals surface area contributed by atoms with E-state index < -0.39 is 33.7 Å². The first kappa shape index (κ1) is 16.7. The second-order valence-corrected chi connectivity index (χ2v) is 10.0. The van der Waals surface area contributed by atoms with E-state index in [1.54, 1.807) is 0 Å². The third-order valence-corrected chi connectivity index (χ3v) is 6.46. The van der Waals surface area contributed by atoms with Crippen molar-refractivity contribution in [2.24, 2.45) is 5.73 Å². The third kappa shape index (κ3) is 10.3. The van der Waals surface area contributed by atoms with Gasteiger partial charge in [-0.3, -0.25) is 0 Å². The van der Waals surface area contributed by atoms with Crippen LogP contribution >= 0.6 is 0 Å². The number of aliphatic hydroxyl groups is 3. The topological polar surface area (TPSA) is 95.9 Å². The van der Waals surface area contributed by atoms with Crippen LogP contribution in [0.15, 0.2) is 0 Å². The van der Waals surface area contributed by atoms with Crippen LogP contribution in [-0.4, -0.2) is 59.5 Å². The molecule has 0 saturated carbocycles. The minimum absolute atomic E-state index is 0.403. The molecule has 0 aliphatic rings. The van der Waals surface area contributed by atoms with E-state index in [1.807, 2.05) is 0 Å². The lowest BCUT2D eigenvalue weighted by molar-refractivity contribution is 0.0698. The summed E-state index contributed by atoms with van der Waals surface area (Å²) >= 11 is 0. The van der Waals surface area contributed by atoms with Gasteiger partial charge < -0.3 is 25.2 Å². The van der Waals surface area contributed by atoms with Gasteiger partial charge in [0.1, 0.15) is 10.5 Å². The van der Waals surface area contributed by atoms with Crippen LogP contribution in [0.5, 0.6) is 0 Å². The van der Waals surface area contributed by atoms with Gasteiger partial charge in [-0.05, 0) is 19.6 Å². The van der Waals surface area contributed by atoms with Crippen molar-refractivity contribution in [3.05, 3.63) is 0 Å². The highest BCUT2D eigenvalue weighted by molar-refractivity contribution is 6.72. The maximum atomic E-state index is 8.34. The Hall–Kier alpha value is 0.234. The zero-order valence-corrected chi connectivity index (χ0v) is 12.4. The monoisotopic (exact) mass is 241 g/mol. The van der Waals surface area contributed by atoms with Gasteiger partial charge in [-0.15, -0.1) is 0 Å². The van der Waals surface area contributed by atoms with Crippen molar-refractivity contribution in [3.8, 4) is 0 Å². The van der Waals surface area contributed by atoms with E-state index in [0.717, 1.165) is 10.5 Å². The number of nitrogens with two attached hydrogens (primary N) is 1. The molecule has 14 heavy (non-hydrogen) atoms. The Morgan fingerprint density at radius 1 is 1.14 bits per heavy atom. The Bertz CT molecular complexity index is 128. The molecule has 5 N–H and O–H groups in total. The molecule has 0 aromatic heterocycles.